The van der Waals surface area contributed by atoms with Gasteiger partial charge in [-0.1, -0.05) is 28.1 Å². The van der Waals surface area contributed by atoms with Crippen molar-refractivity contribution in [2.45, 2.75) is 19.3 Å². The Hall–Kier alpha value is -0.590. The van der Waals surface area contributed by atoms with Crippen LogP contribution in [0.25, 0.3) is 0 Å². The first-order valence-corrected chi connectivity index (χ1v) is 5.84. The van der Waals surface area contributed by atoms with Crippen LogP contribution in [0.1, 0.15) is 11.1 Å². The summed E-state index contributed by atoms with van der Waals surface area (Å²) in [6.45, 7) is -0.264. The van der Waals surface area contributed by atoms with Gasteiger partial charge in [0.25, 0.3) is 0 Å². The molecule has 6 heteroatoms. The highest BCUT2D eigenvalue weighted by Gasteiger charge is 2.29. The monoisotopic (exact) mass is 310 g/mol. The Morgan fingerprint density at radius 2 is 2.00 bits per heavy atom. The van der Waals surface area contributed by atoms with Gasteiger partial charge in [-0.05, 0) is 24.2 Å². The summed E-state index contributed by atoms with van der Waals surface area (Å²) in [6, 6.07) is 5.44. The zero-order chi connectivity index (χ0) is 13.1. The molecule has 0 radical (unpaired) electrons. The fourth-order valence-corrected chi connectivity index (χ4v) is 2.05. The van der Waals surface area contributed by atoms with Gasteiger partial charge in [0.2, 0.25) is 0 Å². The molecule has 0 heterocycles. The maximum Gasteiger partial charge on any atom is 0.401 e. The topological polar surface area (TPSA) is 29.3 Å². The summed E-state index contributed by atoms with van der Waals surface area (Å²) in [6.07, 6.45) is -4.17. The summed E-state index contributed by atoms with van der Waals surface area (Å²) in [7, 11) is 1.44. The molecule has 0 spiro atoms. The first-order chi connectivity index (χ1) is 7.81. The quantitative estimate of drug-likeness (QED) is 0.926. The summed E-state index contributed by atoms with van der Waals surface area (Å²) in [5.74, 6) is 0. The molecule has 0 aromatic heterocycles. The number of nitrogens with zero attached hydrogens (tertiary/aromatic N) is 1. The smallest absolute Gasteiger partial charge is 0.326 e. The van der Waals surface area contributed by atoms with E-state index in [0.29, 0.717) is 6.54 Å². The maximum atomic E-state index is 12.2. The van der Waals surface area contributed by atoms with Crippen LogP contribution in [-0.2, 0) is 13.1 Å². The van der Waals surface area contributed by atoms with E-state index in [1.807, 2.05) is 12.1 Å². The van der Waals surface area contributed by atoms with Crippen molar-refractivity contribution in [3.05, 3.63) is 33.8 Å². The molecule has 0 aliphatic rings. The molecule has 1 aromatic rings. The number of halogens is 4. The van der Waals surface area contributed by atoms with Crippen molar-refractivity contribution in [1.29, 1.82) is 0 Å². The number of benzene rings is 1. The van der Waals surface area contributed by atoms with E-state index < -0.39 is 12.7 Å². The zero-order valence-electron chi connectivity index (χ0n) is 9.39. The van der Waals surface area contributed by atoms with E-state index in [1.54, 1.807) is 6.07 Å². The summed E-state index contributed by atoms with van der Waals surface area (Å²) in [5, 5.41) is 0. The summed E-state index contributed by atoms with van der Waals surface area (Å²) < 4.78 is 37.3. The standard InChI is InChI=1S/C11H14BrF3N2/c1-17(7-11(13,14)15)6-9-3-2-8(5-16)4-10(9)12/h2-4H,5-7,16H2,1H3. The van der Waals surface area contributed by atoms with Gasteiger partial charge in [0.15, 0.2) is 0 Å². The van der Waals surface area contributed by atoms with Crippen molar-refractivity contribution < 1.29 is 13.2 Å². The van der Waals surface area contributed by atoms with Gasteiger partial charge in [-0.2, -0.15) is 13.2 Å². The van der Waals surface area contributed by atoms with Crippen LogP contribution in [0.15, 0.2) is 22.7 Å². The second-order valence-electron chi connectivity index (χ2n) is 3.92. The highest BCUT2D eigenvalue weighted by atomic mass is 79.9. The minimum absolute atomic E-state index is 0.241. The fourth-order valence-electron chi connectivity index (χ4n) is 1.50. The molecule has 96 valence electrons. The fraction of sp³-hybridized carbons (Fsp3) is 0.455. The van der Waals surface area contributed by atoms with E-state index in [2.05, 4.69) is 15.9 Å². The Kier molecular flexibility index (Phi) is 4.97. The zero-order valence-corrected chi connectivity index (χ0v) is 11.0. The van der Waals surface area contributed by atoms with Crippen molar-refractivity contribution in [2.75, 3.05) is 13.6 Å². The van der Waals surface area contributed by atoms with Crippen LogP contribution in [0, 0.1) is 0 Å². The third kappa shape index (κ3) is 5.06. The molecular formula is C11H14BrF3N2. The number of alkyl halides is 3. The number of rotatable bonds is 4. The molecule has 2 nitrogen and oxygen atoms in total. The van der Waals surface area contributed by atoms with Crippen LogP contribution < -0.4 is 5.73 Å². The van der Waals surface area contributed by atoms with E-state index in [0.717, 1.165) is 15.6 Å². The molecule has 17 heavy (non-hydrogen) atoms. The van der Waals surface area contributed by atoms with Crippen LogP contribution in [0.4, 0.5) is 13.2 Å². The number of hydrogen-bond donors (Lipinski definition) is 1. The Balaban J connectivity index is 2.68. The minimum atomic E-state index is -4.17. The lowest BCUT2D eigenvalue weighted by Crippen LogP contribution is -2.30. The first kappa shape index (κ1) is 14.5. The van der Waals surface area contributed by atoms with Gasteiger partial charge in [0.05, 0.1) is 6.54 Å². The van der Waals surface area contributed by atoms with Gasteiger partial charge < -0.3 is 5.73 Å². The summed E-state index contributed by atoms with van der Waals surface area (Å²) >= 11 is 3.33. The molecule has 1 rings (SSSR count). The third-order valence-electron chi connectivity index (χ3n) is 2.24. The Labute approximate surface area is 107 Å². The van der Waals surface area contributed by atoms with E-state index in [-0.39, 0.29) is 6.54 Å². The molecule has 0 amide bonds. The molecule has 0 saturated carbocycles. The first-order valence-electron chi connectivity index (χ1n) is 5.04. The lowest BCUT2D eigenvalue weighted by Gasteiger charge is -2.19. The van der Waals surface area contributed by atoms with E-state index in [1.165, 1.54) is 11.9 Å². The van der Waals surface area contributed by atoms with E-state index >= 15 is 0 Å². The van der Waals surface area contributed by atoms with Crippen molar-refractivity contribution in [2.24, 2.45) is 5.73 Å². The molecule has 2 N–H and O–H groups in total. The predicted molar refractivity (Wildman–Crippen MR) is 64.4 cm³/mol. The highest BCUT2D eigenvalue weighted by Crippen LogP contribution is 2.22. The molecule has 0 atom stereocenters. The third-order valence-corrected chi connectivity index (χ3v) is 2.98. The average molecular weight is 311 g/mol. The highest BCUT2D eigenvalue weighted by molar-refractivity contribution is 9.10. The van der Waals surface area contributed by atoms with Gasteiger partial charge in [-0.3, -0.25) is 4.90 Å². The molecule has 0 aliphatic heterocycles. The second kappa shape index (κ2) is 5.84. The number of nitrogens with two attached hydrogens (primary N) is 1. The number of hydrogen-bond acceptors (Lipinski definition) is 2. The lowest BCUT2D eigenvalue weighted by molar-refractivity contribution is -0.144. The second-order valence-corrected chi connectivity index (χ2v) is 4.77. The summed E-state index contributed by atoms with van der Waals surface area (Å²) in [4.78, 5) is 1.22. The molecule has 0 unspecified atom stereocenters. The van der Waals surface area contributed by atoms with Gasteiger partial charge in [-0.15, -0.1) is 0 Å². The maximum absolute atomic E-state index is 12.2. The Bertz CT molecular complexity index is 379. The molecule has 0 bridgehead atoms. The van der Waals surface area contributed by atoms with Gasteiger partial charge in [-0.25, -0.2) is 0 Å². The van der Waals surface area contributed by atoms with Crippen LogP contribution in [0.5, 0.6) is 0 Å². The molecular weight excluding hydrogens is 297 g/mol. The summed E-state index contributed by atoms with van der Waals surface area (Å²) in [5.41, 5.74) is 7.23. The predicted octanol–water partition coefficient (Wildman–Crippen LogP) is 2.90. The van der Waals surface area contributed by atoms with Gasteiger partial charge >= 0.3 is 6.18 Å². The van der Waals surface area contributed by atoms with E-state index in [9.17, 15) is 13.2 Å². The average Bonchev–Trinajstić information content (AvgIpc) is 2.18. The van der Waals surface area contributed by atoms with Crippen molar-refractivity contribution >= 4 is 15.9 Å². The van der Waals surface area contributed by atoms with Crippen LogP contribution in [-0.4, -0.2) is 24.7 Å². The molecule has 0 aliphatic carbocycles. The normalized spacial score (nSPS) is 12.2. The van der Waals surface area contributed by atoms with Crippen molar-refractivity contribution in [3.63, 3.8) is 0 Å². The SMILES string of the molecule is CN(Cc1ccc(CN)cc1Br)CC(F)(F)F. The lowest BCUT2D eigenvalue weighted by atomic mass is 10.1. The van der Waals surface area contributed by atoms with Crippen molar-refractivity contribution in [3.8, 4) is 0 Å². The van der Waals surface area contributed by atoms with E-state index in [4.69, 9.17) is 5.73 Å². The Morgan fingerprint density at radius 1 is 1.35 bits per heavy atom. The molecule has 0 saturated heterocycles. The largest absolute Gasteiger partial charge is 0.401 e. The molecule has 1 aromatic carbocycles. The Morgan fingerprint density at radius 3 is 2.47 bits per heavy atom. The van der Waals surface area contributed by atoms with Crippen LogP contribution in [0.3, 0.4) is 0 Å². The van der Waals surface area contributed by atoms with Gasteiger partial charge in [0, 0.05) is 17.6 Å². The molecule has 0 fully saturated rings. The van der Waals surface area contributed by atoms with Crippen molar-refractivity contribution in [1.82, 2.24) is 4.90 Å². The van der Waals surface area contributed by atoms with Crippen LogP contribution in [0.2, 0.25) is 0 Å². The van der Waals surface area contributed by atoms with Gasteiger partial charge in [0.1, 0.15) is 0 Å². The minimum Gasteiger partial charge on any atom is -0.326 e. The van der Waals surface area contributed by atoms with Crippen LogP contribution >= 0.6 is 15.9 Å².